The summed E-state index contributed by atoms with van der Waals surface area (Å²) in [6.45, 7) is 0.270. The van der Waals surface area contributed by atoms with Gasteiger partial charge in [-0.15, -0.1) is 0 Å². The van der Waals surface area contributed by atoms with E-state index >= 15 is 0 Å². The number of benzene rings is 1. The summed E-state index contributed by atoms with van der Waals surface area (Å²) in [7, 11) is 1.62. The molecule has 0 aliphatic heterocycles. The minimum atomic E-state index is 0.0473. The lowest BCUT2D eigenvalue weighted by Crippen LogP contribution is -2.23. The molecule has 1 N–H and O–H groups in total. The number of hydrogen-bond acceptors (Lipinski definition) is 5. The highest BCUT2D eigenvalue weighted by molar-refractivity contribution is 5.75. The molecular weight excluding hydrogens is 306 g/mol. The minimum absolute atomic E-state index is 0.0473. The van der Waals surface area contributed by atoms with Crippen LogP contribution < -0.4 is 10.1 Å². The molecule has 6 nitrogen and oxygen atoms in total. The first kappa shape index (κ1) is 16.5. The maximum atomic E-state index is 11.9. The van der Waals surface area contributed by atoms with Crippen molar-refractivity contribution >= 4 is 5.91 Å². The molecule has 1 aliphatic carbocycles. The third-order valence-corrected chi connectivity index (χ3v) is 4.51. The standard InChI is InChI=1S/C18H23N3O3/c1-23-15-9-7-14(8-10-15)18-20-17(24-21-18)12-19-16(22)11-6-13-4-2-3-5-13/h7-10,13H,2-6,11-12H2,1H3,(H,19,22). The summed E-state index contributed by atoms with van der Waals surface area (Å²) < 4.78 is 10.3. The summed E-state index contributed by atoms with van der Waals surface area (Å²) in [5.74, 6) is 2.46. The molecule has 128 valence electrons. The van der Waals surface area contributed by atoms with Gasteiger partial charge in [0.25, 0.3) is 0 Å². The van der Waals surface area contributed by atoms with E-state index < -0.39 is 0 Å². The van der Waals surface area contributed by atoms with Crippen LogP contribution in [0.5, 0.6) is 5.75 Å². The van der Waals surface area contributed by atoms with Gasteiger partial charge in [0.1, 0.15) is 5.75 Å². The lowest BCUT2D eigenvalue weighted by Gasteiger charge is -2.07. The highest BCUT2D eigenvalue weighted by Crippen LogP contribution is 2.28. The molecule has 6 heteroatoms. The van der Waals surface area contributed by atoms with Crippen molar-refractivity contribution in [3.05, 3.63) is 30.2 Å². The highest BCUT2D eigenvalue weighted by atomic mass is 16.5. The number of nitrogens with one attached hydrogen (secondary N) is 1. The molecule has 1 aromatic heterocycles. The fourth-order valence-corrected chi connectivity index (χ4v) is 3.08. The van der Waals surface area contributed by atoms with Crippen molar-refractivity contribution in [3.63, 3.8) is 0 Å². The van der Waals surface area contributed by atoms with Crippen LogP contribution in [0.1, 0.15) is 44.4 Å². The number of rotatable bonds is 7. The molecule has 0 radical (unpaired) electrons. The first-order valence-corrected chi connectivity index (χ1v) is 8.48. The van der Waals surface area contributed by atoms with Crippen LogP contribution in [0, 0.1) is 5.92 Å². The zero-order chi connectivity index (χ0) is 16.8. The molecule has 1 fully saturated rings. The molecule has 0 saturated heterocycles. The Kier molecular flexibility index (Phi) is 5.46. The summed E-state index contributed by atoms with van der Waals surface area (Å²) in [6, 6.07) is 7.42. The predicted octanol–water partition coefficient (Wildman–Crippen LogP) is 3.33. The molecule has 24 heavy (non-hydrogen) atoms. The van der Waals surface area contributed by atoms with Crippen molar-refractivity contribution in [2.75, 3.05) is 7.11 Å². The number of amides is 1. The summed E-state index contributed by atoms with van der Waals surface area (Å²) in [6.07, 6.45) is 6.70. The van der Waals surface area contributed by atoms with Gasteiger partial charge in [-0.1, -0.05) is 30.8 Å². The number of carbonyl (C=O) groups is 1. The zero-order valence-corrected chi connectivity index (χ0v) is 14.0. The second kappa shape index (κ2) is 7.95. The zero-order valence-electron chi connectivity index (χ0n) is 14.0. The van der Waals surface area contributed by atoms with Crippen LogP contribution in [0.25, 0.3) is 11.4 Å². The van der Waals surface area contributed by atoms with E-state index in [1.54, 1.807) is 7.11 Å². The lowest BCUT2D eigenvalue weighted by atomic mass is 10.0. The number of carbonyl (C=O) groups excluding carboxylic acids is 1. The average molecular weight is 329 g/mol. The fraction of sp³-hybridized carbons (Fsp3) is 0.500. The van der Waals surface area contributed by atoms with Gasteiger partial charge in [0.2, 0.25) is 17.6 Å². The van der Waals surface area contributed by atoms with Crippen LogP contribution in [0.2, 0.25) is 0 Å². The smallest absolute Gasteiger partial charge is 0.246 e. The van der Waals surface area contributed by atoms with Crippen LogP contribution in [0.4, 0.5) is 0 Å². The summed E-state index contributed by atoms with van der Waals surface area (Å²) >= 11 is 0. The van der Waals surface area contributed by atoms with Crippen LogP contribution in [0.3, 0.4) is 0 Å². The van der Waals surface area contributed by atoms with E-state index in [4.69, 9.17) is 9.26 Å². The summed E-state index contributed by atoms with van der Waals surface area (Å²) in [5.41, 5.74) is 0.846. The van der Waals surface area contributed by atoms with Gasteiger partial charge in [-0.3, -0.25) is 4.79 Å². The van der Waals surface area contributed by atoms with Crippen LogP contribution in [0.15, 0.2) is 28.8 Å². The van der Waals surface area contributed by atoms with Crippen molar-refractivity contribution in [1.82, 2.24) is 15.5 Å². The molecule has 1 aromatic carbocycles. The number of aromatic nitrogens is 2. The van der Waals surface area contributed by atoms with E-state index in [1.165, 1.54) is 25.7 Å². The minimum Gasteiger partial charge on any atom is -0.497 e. The first-order valence-electron chi connectivity index (χ1n) is 8.48. The Morgan fingerprint density at radius 2 is 2.04 bits per heavy atom. The summed E-state index contributed by atoms with van der Waals surface area (Å²) in [5, 5.41) is 6.80. The quantitative estimate of drug-likeness (QED) is 0.843. The Balaban J connectivity index is 1.47. The molecule has 1 amide bonds. The summed E-state index contributed by atoms with van der Waals surface area (Å²) in [4.78, 5) is 16.2. The van der Waals surface area contributed by atoms with E-state index in [2.05, 4.69) is 15.5 Å². The third kappa shape index (κ3) is 4.34. The van der Waals surface area contributed by atoms with Crippen molar-refractivity contribution in [1.29, 1.82) is 0 Å². The van der Waals surface area contributed by atoms with Crippen LogP contribution >= 0.6 is 0 Å². The number of hydrogen-bond donors (Lipinski definition) is 1. The topological polar surface area (TPSA) is 77.3 Å². The van der Waals surface area contributed by atoms with E-state index in [0.717, 1.165) is 23.7 Å². The van der Waals surface area contributed by atoms with Gasteiger partial charge in [-0.05, 0) is 36.6 Å². The maximum Gasteiger partial charge on any atom is 0.246 e. The molecule has 0 atom stereocenters. The van der Waals surface area contributed by atoms with Crippen molar-refractivity contribution < 1.29 is 14.1 Å². The van der Waals surface area contributed by atoms with Gasteiger partial charge in [0.05, 0.1) is 13.7 Å². The Morgan fingerprint density at radius 3 is 2.75 bits per heavy atom. The van der Waals surface area contributed by atoms with Crippen molar-refractivity contribution in [3.8, 4) is 17.1 Å². The van der Waals surface area contributed by atoms with Crippen molar-refractivity contribution in [2.45, 2.75) is 45.1 Å². The van der Waals surface area contributed by atoms with Gasteiger partial charge < -0.3 is 14.6 Å². The highest BCUT2D eigenvalue weighted by Gasteiger charge is 2.16. The van der Waals surface area contributed by atoms with Crippen molar-refractivity contribution in [2.24, 2.45) is 5.92 Å². The Hall–Kier alpha value is -2.37. The Bertz CT molecular complexity index is 660. The number of methoxy groups -OCH3 is 1. The number of ether oxygens (including phenoxy) is 1. The fourth-order valence-electron chi connectivity index (χ4n) is 3.08. The molecule has 0 bridgehead atoms. The van der Waals surface area contributed by atoms with E-state index in [-0.39, 0.29) is 12.5 Å². The molecule has 0 unspecified atom stereocenters. The SMILES string of the molecule is COc1ccc(-c2noc(CNC(=O)CCC3CCCC3)n2)cc1. The largest absolute Gasteiger partial charge is 0.497 e. The van der Waals surface area contributed by atoms with Gasteiger partial charge >= 0.3 is 0 Å². The van der Waals surface area contributed by atoms with Gasteiger partial charge in [-0.2, -0.15) is 4.98 Å². The van der Waals surface area contributed by atoms with E-state index in [1.807, 2.05) is 24.3 Å². The Labute approximate surface area is 141 Å². The second-order valence-corrected chi connectivity index (χ2v) is 6.21. The molecule has 1 saturated carbocycles. The molecule has 1 heterocycles. The number of nitrogens with zero attached hydrogens (tertiary/aromatic N) is 2. The van der Waals surface area contributed by atoms with E-state index in [9.17, 15) is 4.79 Å². The van der Waals surface area contributed by atoms with E-state index in [0.29, 0.717) is 18.1 Å². The lowest BCUT2D eigenvalue weighted by molar-refractivity contribution is -0.121. The Morgan fingerprint density at radius 1 is 1.29 bits per heavy atom. The van der Waals surface area contributed by atoms with Gasteiger partial charge in [0, 0.05) is 12.0 Å². The predicted molar refractivity (Wildman–Crippen MR) is 89.3 cm³/mol. The molecule has 2 aromatic rings. The molecular formula is C18H23N3O3. The molecule has 0 spiro atoms. The monoisotopic (exact) mass is 329 g/mol. The van der Waals surface area contributed by atoms with Gasteiger partial charge in [0.15, 0.2) is 0 Å². The first-order chi connectivity index (χ1) is 11.7. The average Bonchev–Trinajstić information content (AvgIpc) is 3.30. The second-order valence-electron chi connectivity index (χ2n) is 6.21. The van der Waals surface area contributed by atoms with Gasteiger partial charge in [-0.25, -0.2) is 0 Å². The normalized spacial score (nSPS) is 14.7. The maximum absolute atomic E-state index is 11.9. The van der Waals surface area contributed by atoms with Crippen LogP contribution in [-0.2, 0) is 11.3 Å². The molecule has 1 aliphatic rings. The molecule has 3 rings (SSSR count). The van der Waals surface area contributed by atoms with Crippen LogP contribution in [-0.4, -0.2) is 23.2 Å². The third-order valence-electron chi connectivity index (χ3n) is 4.51.